The highest BCUT2D eigenvalue weighted by molar-refractivity contribution is 14.1. The van der Waals surface area contributed by atoms with Crippen LogP contribution in [0, 0.1) is 30.8 Å². The summed E-state index contributed by atoms with van der Waals surface area (Å²) in [5.74, 6) is 0.408. The van der Waals surface area contributed by atoms with E-state index in [0.29, 0.717) is 6.61 Å². The number of rotatable bonds is 5. The summed E-state index contributed by atoms with van der Waals surface area (Å²) in [6, 6.07) is 11.9. The normalized spacial score (nSPS) is 26.4. The van der Waals surface area contributed by atoms with Gasteiger partial charge in [0, 0.05) is 4.47 Å². The second-order valence-electron chi connectivity index (χ2n) is 7.96. The average molecular weight is 703 g/mol. The van der Waals surface area contributed by atoms with Crippen LogP contribution in [0.25, 0.3) is 0 Å². The molecule has 1 saturated carbocycles. The maximum absolute atomic E-state index is 12.8. The Morgan fingerprint density at radius 3 is 2.19 bits per heavy atom. The molecule has 1 saturated heterocycles. The fourth-order valence-electron chi connectivity index (χ4n) is 4.65. The largest absolute Gasteiger partial charge is 0.487 e. The molecule has 2 bridgehead atoms. The van der Waals surface area contributed by atoms with Crippen LogP contribution in [0.4, 0.5) is 0 Å². The summed E-state index contributed by atoms with van der Waals surface area (Å²) in [6.07, 6.45) is 6.68. The molecule has 1 aliphatic heterocycles. The van der Waals surface area contributed by atoms with Gasteiger partial charge in [-0.2, -0.15) is 10.1 Å². The molecule has 1 heterocycles. The number of carbonyl (C=O) groups is 2. The number of hydrazone groups is 1. The summed E-state index contributed by atoms with van der Waals surface area (Å²) in [4.78, 5) is 25.5. The SMILES string of the molecule is O=C1[C@@H]2[C@H](C(=O)N1/N=C\c1cc(I)c(OCc3ccc(Br)cc3)c(I)c1)[C@H]1C=C[C@H]2C1. The average Bonchev–Trinajstić information content (AvgIpc) is 3.42. The van der Waals surface area contributed by atoms with E-state index in [2.05, 4.69) is 78.4 Å². The molecule has 158 valence electrons. The molecule has 5 nitrogen and oxygen atoms in total. The number of benzene rings is 2. The Labute approximate surface area is 215 Å². The highest BCUT2D eigenvalue weighted by Crippen LogP contribution is 2.52. The third-order valence-electron chi connectivity index (χ3n) is 6.09. The van der Waals surface area contributed by atoms with Crippen molar-refractivity contribution in [1.82, 2.24) is 5.01 Å². The van der Waals surface area contributed by atoms with Crippen LogP contribution in [0.5, 0.6) is 5.75 Å². The number of carbonyl (C=O) groups excluding carboxylic acids is 2. The second kappa shape index (κ2) is 8.58. The lowest BCUT2D eigenvalue weighted by Gasteiger charge is -2.13. The van der Waals surface area contributed by atoms with Crippen molar-refractivity contribution in [1.29, 1.82) is 0 Å². The van der Waals surface area contributed by atoms with Crippen LogP contribution in [0.15, 0.2) is 58.1 Å². The van der Waals surface area contributed by atoms with Gasteiger partial charge in [-0.25, -0.2) is 0 Å². The molecule has 3 aliphatic rings. The van der Waals surface area contributed by atoms with Crippen LogP contribution in [0.3, 0.4) is 0 Å². The minimum Gasteiger partial charge on any atom is -0.487 e. The molecule has 31 heavy (non-hydrogen) atoms. The van der Waals surface area contributed by atoms with Crippen LogP contribution in [-0.2, 0) is 16.2 Å². The van der Waals surface area contributed by atoms with Crippen molar-refractivity contribution in [2.45, 2.75) is 13.0 Å². The zero-order valence-corrected chi connectivity index (χ0v) is 22.1. The highest BCUT2D eigenvalue weighted by Gasteiger charge is 2.59. The van der Waals surface area contributed by atoms with Gasteiger partial charge in [0.2, 0.25) is 0 Å². The van der Waals surface area contributed by atoms with E-state index in [4.69, 9.17) is 4.74 Å². The number of nitrogens with zero attached hydrogens (tertiary/aromatic N) is 2. The Balaban J connectivity index is 1.30. The summed E-state index contributed by atoms with van der Waals surface area (Å²) >= 11 is 7.91. The molecule has 8 heteroatoms. The molecule has 2 amide bonds. The van der Waals surface area contributed by atoms with Crippen molar-refractivity contribution in [2.24, 2.45) is 28.8 Å². The van der Waals surface area contributed by atoms with Crippen LogP contribution in [0.2, 0.25) is 0 Å². The number of imide groups is 1. The minimum atomic E-state index is -0.227. The Morgan fingerprint density at radius 1 is 1.03 bits per heavy atom. The molecule has 0 aromatic heterocycles. The number of fused-ring (bicyclic) bond motifs is 5. The first-order chi connectivity index (χ1) is 14.9. The monoisotopic (exact) mass is 702 g/mol. The molecule has 5 rings (SSSR count). The summed E-state index contributed by atoms with van der Waals surface area (Å²) in [7, 11) is 0. The Bertz CT molecular complexity index is 1080. The first-order valence-corrected chi connectivity index (χ1v) is 12.8. The zero-order valence-electron chi connectivity index (χ0n) is 16.2. The lowest BCUT2D eigenvalue weighted by molar-refractivity contribution is -0.140. The standard InChI is InChI=1S/C23H17BrI2N2O3/c24-16-5-1-12(2-6-16)11-31-21-17(25)7-13(8-18(21)26)10-27-28-22(29)19-14-3-4-15(9-14)20(19)23(28)30/h1-8,10,14-15,19-20H,9,11H2/b27-10-/t14-,15-,19-,20+/m0/s1. The maximum atomic E-state index is 12.8. The fraction of sp³-hybridized carbons (Fsp3) is 0.261. The number of amides is 2. The number of hydrogen-bond acceptors (Lipinski definition) is 4. The molecule has 2 aromatic carbocycles. The third-order valence-corrected chi connectivity index (χ3v) is 8.22. The van der Waals surface area contributed by atoms with E-state index in [1.807, 2.05) is 36.4 Å². The summed E-state index contributed by atoms with van der Waals surface area (Å²) in [6.45, 7) is 0.475. The van der Waals surface area contributed by atoms with Crippen molar-refractivity contribution in [3.05, 3.63) is 71.3 Å². The first-order valence-electron chi connectivity index (χ1n) is 9.89. The number of halogens is 3. The van der Waals surface area contributed by atoms with Crippen molar-refractivity contribution < 1.29 is 14.3 Å². The molecule has 0 radical (unpaired) electrons. The van der Waals surface area contributed by atoms with Crippen LogP contribution >= 0.6 is 61.1 Å². The van der Waals surface area contributed by atoms with E-state index < -0.39 is 0 Å². The Morgan fingerprint density at radius 2 is 1.61 bits per heavy atom. The van der Waals surface area contributed by atoms with Gasteiger partial charge in [0.1, 0.15) is 12.4 Å². The Hall–Kier alpha value is -1.27. The van der Waals surface area contributed by atoms with Gasteiger partial charge in [-0.05, 0) is 98.8 Å². The van der Waals surface area contributed by atoms with Crippen molar-refractivity contribution in [2.75, 3.05) is 0 Å². The van der Waals surface area contributed by atoms with Gasteiger partial charge in [-0.15, -0.1) is 0 Å². The number of ether oxygens (including phenoxy) is 1. The van der Waals surface area contributed by atoms with Crippen LogP contribution in [0.1, 0.15) is 17.5 Å². The molecular formula is C23H17BrI2N2O3. The van der Waals surface area contributed by atoms with Gasteiger partial charge < -0.3 is 4.74 Å². The predicted molar refractivity (Wildman–Crippen MR) is 138 cm³/mol. The van der Waals surface area contributed by atoms with Gasteiger partial charge >= 0.3 is 0 Å². The van der Waals surface area contributed by atoms with Gasteiger partial charge in [0.05, 0.1) is 25.2 Å². The minimum absolute atomic E-state index is 0.165. The maximum Gasteiger partial charge on any atom is 0.254 e. The third kappa shape index (κ3) is 3.99. The van der Waals surface area contributed by atoms with E-state index in [1.54, 1.807) is 6.21 Å². The summed E-state index contributed by atoms with van der Waals surface area (Å²) in [5.41, 5.74) is 1.91. The van der Waals surface area contributed by atoms with Crippen molar-refractivity contribution in [3.8, 4) is 5.75 Å². The molecule has 4 atom stereocenters. The summed E-state index contributed by atoms with van der Waals surface area (Å²) < 4.78 is 8.97. The van der Waals surface area contributed by atoms with Gasteiger partial charge in [0.15, 0.2) is 0 Å². The molecule has 0 N–H and O–H groups in total. The lowest BCUT2D eigenvalue weighted by Crippen LogP contribution is -2.28. The molecule has 0 unspecified atom stereocenters. The van der Waals surface area contributed by atoms with E-state index >= 15 is 0 Å². The molecular weight excluding hydrogens is 686 g/mol. The fourth-order valence-corrected chi connectivity index (χ4v) is 7.04. The van der Waals surface area contributed by atoms with Crippen molar-refractivity contribution in [3.63, 3.8) is 0 Å². The predicted octanol–water partition coefficient (Wildman–Crippen LogP) is 5.38. The first kappa shape index (κ1) is 21.6. The van der Waals surface area contributed by atoms with E-state index in [9.17, 15) is 9.59 Å². The number of allylic oxidation sites excluding steroid dienone is 2. The molecule has 2 fully saturated rings. The Kier molecular flexibility index (Phi) is 5.97. The topological polar surface area (TPSA) is 59.0 Å². The quantitative estimate of drug-likeness (QED) is 0.182. The van der Waals surface area contributed by atoms with E-state index in [0.717, 1.165) is 39.9 Å². The van der Waals surface area contributed by atoms with Gasteiger partial charge in [-0.1, -0.05) is 40.2 Å². The lowest BCUT2D eigenvalue weighted by atomic mass is 9.85. The van der Waals surface area contributed by atoms with Gasteiger partial charge in [0.25, 0.3) is 11.8 Å². The summed E-state index contributed by atoms with van der Waals surface area (Å²) in [5, 5.41) is 5.36. The molecule has 2 aliphatic carbocycles. The molecule has 2 aromatic rings. The second-order valence-corrected chi connectivity index (χ2v) is 11.2. The van der Waals surface area contributed by atoms with Crippen LogP contribution in [-0.4, -0.2) is 23.0 Å². The van der Waals surface area contributed by atoms with Crippen molar-refractivity contribution >= 4 is 79.1 Å². The van der Waals surface area contributed by atoms with E-state index in [-0.39, 0.29) is 35.5 Å². The number of hydrogen-bond donors (Lipinski definition) is 0. The van der Waals surface area contributed by atoms with E-state index in [1.165, 1.54) is 0 Å². The molecule has 0 spiro atoms. The smallest absolute Gasteiger partial charge is 0.254 e. The zero-order chi connectivity index (χ0) is 21.7. The van der Waals surface area contributed by atoms with Crippen LogP contribution < -0.4 is 4.74 Å². The highest BCUT2D eigenvalue weighted by atomic mass is 127. The van der Waals surface area contributed by atoms with Gasteiger partial charge in [-0.3, -0.25) is 9.59 Å².